The maximum Gasteiger partial charge on any atom is 0.247 e. The third-order valence-corrected chi connectivity index (χ3v) is 2.85. The molecule has 1 aromatic rings. The largest absolute Gasteiger partial charge is 0.345 e. The fourth-order valence-corrected chi connectivity index (χ4v) is 2.08. The third kappa shape index (κ3) is 2.42. The normalized spacial score (nSPS) is 19.6. The van der Waals surface area contributed by atoms with E-state index in [0.29, 0.717) is 6.54 Å². The first kappa shape index (κ1) is 12.4. The molecule has 0 bridgehead atoms. The Kier molecular flexibility index (Phi) is 3.46. The maximum absolute atomic E-state index is 12.0. The fraction of sp³-hybridized carbons (Fsp3) is 0.286. The summed E-state index contributed by atoms with van der Waals surface area (Å²) >= 11 is 0. The van der Waals surface area contributed by atoms with Crippen LogP contribution in [-0.2, 0) is 9.59 Å². The van der Waals surface area contributed by atoms with Crippen molar-refractivity contribution in [3.05, 3.63) is 48.0 Å². The summed E-state index contributed by atoms with van der Waals surface area (Å²) in [5.41, 5.74) is 1.68. The summed E-state index contributed by atoms with van der Waals surface area (Å²) in [6.45, 7) is 6.13. The Hall–Kier alpha value is -2.10. The molecule has 0 radical (unpaired) electrons. The van der Waals surface area contributed by atoms with Crippen LogP contribution in [0.2, 0.25) is 0 Å². The Labute approximate surface area is 106 Å². The van der Waals surface area contributed by atoms with Crippen molar-refractivity contribution in [3.63, 3.8) is 0 Å². The van der Waals surface area contributed by atoms with E-state index in [1.165, 1.54) is 0 Å². The summed E-state index contributed by atoms with van der Waals surface area (Å²) in [5, 5.41) is 2.62. The van der Waals surface area contributed by atoms with Gasteiger partial charge in [0, 0.05) is 6.54 Å². The van der Waals surface area contributed by atoms with E-state index in [2.05, 4.69) is 11.9 Å². The van der Waals surface area contributed by atoms with Crippen LogP contribution >= 0.6 is 0 Å². The molecule has 1 heterocycles. The van der Waals surface area contributed by atoms with Crippen molar-refractivity contribution in [1.29, 1.82) is 0 Å². The Morgan fingerprint density at radius 2 is 2.06 bits per heavy atom. The van der Waals surface area contributed by atoms with Crippen molar-refractivity contribution in [2.45, 2.75) is 13.0 Å². The molecular formula is C14H16N2O2. The topological polar surface area (TPSA) is 49.4 Å². The molecule has 4 nitrogen and oxygen atoms in total. The van der Waals surface area contributed by atoms with Gasteiger partial charge in [0.05, 0.1) is 6.54 Å². The van der Waals surface area contributed by atoms with E-state index in [1.54, 1.807) is 4.90 Å². The lowest BCUT2D eigenvalue weighted by atomic mass is 10.0. The highest BCUT2D eigenvalue weighted by Crippen LogP contribution is 2.24. The predicted octanol–water partition coefficient (Wildman–Crippen LogP) is 1.26. The molecule has 1 unspecified atom stereocenters. The van der Waals surface area contributed by atoms with Crippen LogP contribution in [0.25, 0.3) is 0 Å². The van der Waals surface area contributed by atoms with Gasteiger partial charge in [-0.1, -0.05) is 42.5 Å². The summed E-state index contributed by atoms with van der Waals surface area (Å²) in [7, 11) is 0. The van der Waals surface area contributed by atoms with Gasteiger partial charge in [0.15, 0.2) is 0 Å². The predicted molar refractivity (Wildman–Crippen MR) is 68.7 cm³/mol. The molecule has 1 aliphatic rings. The monoisotopic (exact) mass is 244 g/mol. The summed E-state index contributed by atoms with van der Waals surface area (Å²) in [6, 6.07) is 8.77. The molecule has 2 rings (SSSR count). The highest BCUT2D eigenvalue weighted by Gasteiger charge is 2.35. The van der Waals surface area contributed by atoms with Gasteiger partial charge in [-0.3, -0.25) is 9.59 Å². The standard InChI is InChI=1S/C14H16N2O2/c1-10(2)9-16-12(17)8-15-14(18)13(16)11-6-4-3-5-7-11/h3-7,13H,1,8-9H2,2H3,(H,15,18). The van der Waals surface area contributed by atoms with Crippen LogP contribution in [0.5, 0.6) is 0 Å². The van der Waals surface area contributed by atoms with Crippen molar-refractivity contribution < 1.29 is 9.59 Å². The van der Waals surface area contributed by atoms with Gasteiger partial charge in [-0.15, -0.1) is 0 Å². The molecule has 1 fully saturated rings. The average molecular weight is 244 g/mol. The number of hydrogen-bond donors (Lipinski definition) is 1. The van der Waals surface area contributed by atoms with E-state index in [1.807, 2.05) is 37.3 Å². The molecule has 1 aromatic carbocycles. The van der Waals surface area contributed by atoms with Crippen molar-refractivity contribution in [2.75, 3.05) is 13.1 Å². The number of carbonyl (C=O) groups is 2. The quantitative estimate of drug-likeness (QED) is 0.814. The van der Waals surface area contributed by atoms with Gasteiger partial charge in [-0.25, -0.2) is 0 Å². The van der Waals surface area contributed by atoms with Crippen LogP contribution < -0.4 is 5.32 Å². The number of carbonyl (C=O) groups excluding carboxylic acids is 2. The Bertz CT molecular complexity index is 482. The van der Waals surface area contributed by atoms with E-state index in [4.69, 9.17) is 0 Å². The molecule has 2 amide bonds. The van der Waals surface area contributed by atoms with E-state index in [-0.39, 0.29) is 18.4 Å². The van der Waals surface area contributed by atoms with Crippen molar-refractivity contribution >= 4 is 11.8 Å². The van der Waals surface area contributed by atoms with E-state index >= 15 is 0 Å². The van der Waals surface area contributed by atoms with Crippen molar-refractivity contribution in [2.24, 2.45) is 0 Å². The average Bonchev–Trinajstić information content (AvgIpc) is 2.35. The van der Waals surface area contributed by atoms with Crippen LogP contribution in [0.1, 0.15) is 18.5 Å². The van der Waals surface area contributed by atoms with Gasteiger partial charge >= 0.3 is 0 Å². The van der Waals surface area contributed by atoms with Gasteiger partial charge < -0.3 is 10.2 Å². The third-order valence-electron chi connectivity index (χ3n) is 2.85. The van der Waals surface area contributed by atoms with Gasteiger partial charge in [0.2, 0.25) is 11.8 Å². The number of nitrogens with one attached hydrogen (secondary N) is 1. The summed E-state index contributed by atoms with van der Waals surface area (Å²) in [6.07, 6.45) is 0. The van der Waals surface area contributed by atoms with Crippen LogP contribution in [0.3, 0.4) is 0 Å². The SMILES string of the molecule is C=C(C)CN1C(=O)CNC(=O)C1c1ccccc1. The molecule has 1 aliphatic heterocycles. The van der Waals surface area contributed by atoms with E-state index in [0.717, 1.165) is 11.1 Å². The summed E-state index contributed by atoms with van der Waals surface area (Å²) in [4.78, 5) is 25.5. The van der Waals surface area contributed by atoms with Gasteiger partial charge in [-0.2, -0.15) is 0 Å². The molecule has 4 heteroatoms. The Morgan fingerprint density at radius 1 is 1.39 bits per heavy atom. The van der Waals surface area contributed by atoms with Gasteiger partial charge in [-0.05, 0) is 12.5 Å². The highest BCUT2D eigenvalue weighted by atomic mass is 16.2. The second-order valence-corrected chi connectivity index (χ2v) is 4.51. The minimum absolute atomic E-state index is 0.0649. The van der Waals surface area contributed by atoms with Crippen LogP contribution in [0, 0.1) is 0 Å². The lowest BCUT2D eigenvalue weighted by Gasteiger charge is -2.35. The zero-order valence-corrected chi connectivity index (χ0v) is 10.3. The first-order chi connectivity index (χ1) is 8.59. The first-order valence-corrected chi connectivity index (χ1v) is 5.86. The number of benzene rings is 1. The molecule has 1 atom stereocenters. The minimum Gasteiger partial charge on any atom is -0.345 e. The number of nitrogens with zero attached hydrogens (tertiary/aromatic N) is 1. The van der Waals surface area contributed by atoms with E-state index in [9.17, 15) is 9.59 Å². The number of piperazine rings is 1. The molecule has 0 spiro atoms. The molecule has 0 aliphatic carbocycles. The highest BCUT2D eigenvalue weighted by molar-refractivity contribution is 5.95. The molecule has 1 saturated heterocycles. The van der Waals surface area contributed by atoms with Crippen molar-refractivity contribution in [1.82, 2.24) is 10.2 Å². The summed E-state index contributed by atoms with van der Waals surface area (Å²) in [5.74, 6) is -0.214. The molecule has 0 aromatic heterocycles. The number of amides is 2. The number of rotatable bonds is 3. The van der Waals surface area contributed by atoms with Crippen LogP contribution in [-0.4, -0.2) is 29.8 Å². The zero-order valence-electron chi connectivity index (χ0n) is 10.3. The first-order valence-electron chi connectivity index (χ1n) is 5.86. The van der Waals surface area contributed by atoms with Gasteiger partial charge in [0.1, 0.15) is 6.04 Å². The lowest BCUT2D eigenvalue weighted by molar-refractivity contribution is -0.145. The fourth-order valence-electron chi connectivity index (χ4n) is 2.08. The zero-order chi connectivity index (χ0) is 13.1. The van der Waals surface area contributed by atoms with Crippen LogP contribution in [0.4, 0.5) is 0 Å². The molecule has 18 heavy (non-hydrogen) atoms. The minimum atomic E-state index is -0.552. The Morgan fingerprint density at radius 3 is 2.67 bits per heavy atom. The lowest BCUT2D eigenvalue weighted by Crippen LogP contribution is -2.53. The molecular weight excluding hydrogens is 228 g/mol. The van der Waals surface area contributed by atoms with E-state index < -0.39 is 6.04 Å². The number of hydrogen-bond acceptors (Lipinski definition) is 2. The molecule has 1 N–H and O–H groups in total. The Balaban J connectivity index is 2.35. The van der Waals surface area contributed by atoms with Crippen molar-refractivity contribution in [3.8, 4) is 0 Å². The van der Waals surface area contributed by atoms with Gasteiger partial charge in [0.25, 0.3) is 0 Å². The second kappa shape index (κ2) is 5.04. The molecule has 0 saturated carbocycles. The maximum atomic E-state index is 12.0. The second-order valence-electron chi connectivity index (χ2n) is 4.51. The molecule has 94 valence electrons. The van der Waals surface area contributed by atoms with Crippen LogP contribution in [0.15, 0.2) is 42.5 Å². The smallest absolute Gasteiger partial charge is 0.247 e. The summed E-state index contributed by atoms with van der Waals surface area (Å²) < 4.78 is 0.